The topological polar surface area (TPSA) is 76.6 Å². The Kier molecular flexibility index (Phi) is 5.38. The third-order valence-electron chi connectivity index (χ3n) is 5.03. The predicted molar refractivity (Wildman–Crippen MR) is 118 cm³/mol. The van der Waals surface area contributed by atoms with E-state index in [1.54, 1.807) is 18.2 Å². The van der Waals surface area contributed by atoms with Crippen molar-refractivity contribution < 1.29 is 17.9 Å². The quantitative estimate of drug-likeness (QED) is 0.554. The van der Waals surface area contributed by atoms with E-state index in [1.165, 1.54) is 27.5 Å². The van der Waals surface area contributed by atoms with Crippen molar-refractivity contribution in [3.8, 4) is 10.6 Å². The standard InChI is InChI=1S/C22H22N2O4S2/c1-14-4-6-16(7-5-14)21-23-19(13-29-21)12-28-22(25)17-8-9-20-18(11-17)10-15(2)24(20)30(3,26)27/h4-9,11,13,15H,10,12H2,1-3H3. The van der Waals surface area contributed by atoms with Crippen LogP contribution in [0.15, 0.2) is 47.8 Å². The number of thiazole rings is 1. The maximum atomic E-state index is 12.5. The van der Waals surface area contributed by atoms with Crippen LogP contribution in [-0.4, -0.2) is 31.7 Å². The SMILES string of the molecule is Cc1ccc(-c2nc(COC(=O)c3ccc4c(c3)CC(C)N4S(C)(=O)=O)cs2)cc1. The largest absolute Gasteiger partial charge is 0.456 e. The highest BCUT2D eigenvalue weighted by Crippen LogP contribution is 2.35. The van der Waals surface area contributed by atoms with E-state index in [4.69, 9.17) is 4.74 Å². The van der Waals surface area contributed by atoms with Crippen LogP contribution in [0.25, 0.3) is 10.6 Å². The first-order chi connectivity index (χ1) is 14.2. The summed E-state index contributed by atoms with van der Waals surface area (Å²) in [6.45, 7) is 3.98. The van der Waals surface area contributed by atoms with Crippen LogP contribution in [0.4, 0.5) is 5.69 Å². The average molecular weight is 443 g/mol. The summed E-state index contributed by atoms with van der Waals surface area (Å²) in [5, 5.41) is 2.77. The van der Waals surface area contributed by atoms with Crippen molar-refractivity contribution in [1.82, 2.24) is 4.98 Å². The Morgan fingerprint density at radius 3 is 2.67 bits per heavy atom. The molecule has 0 saturated heterocycles. The number of anilines is 1. The summed E-state index contributed by atoms with van der Waals surface area (Å²) >= 11 is 1.51. The Hall–Kier alpha value is -2.71. The molecule has 0 fully saturated rings. The first kappa shape index (κ1) is 20.6. The molecule has 0 bridgehead atoms. The van der Waals surface area contributed by atoms with Gasteiger partial charge in [0.2, 0.25) is 10.0 Å². The van der Waals surface area contributed by atoms with Crippen molar-refractivity contribution in [1.29, 1.82) is 0 Å². The van der Waals surface area contributed by atoms with Gasteiger partial charge < -0.3 is 4.74 Å². The Morgan fingerprint density at radius 1 is 1.23 bits per heavy atom. The van der Waals surface area contributed by atoms with Gasteiger partial charge in [-0.15, -0.1) is 11.3 Å². The molecule has 30 heavy (non-hydrogen) atoms. The lowest BCUT2D eigenvalue weighted by Crippen LogP contribution is -2.34. The maximum absolute atomic E-state index is 12.5. The molecule has 4 rings (SSSR count). The van der Waals surface area contributed by atoms with Crippen LogP contribution in [0.1, 0.15) is 34.1 Å². The number of rotatable bonds is 5. The fourth-order valence-electron chi connectivity index (χ4n) is 3.66. The summed E-state index contributed by atoms with van der Waals surface area (Å²) in [6.07, 6.45) is 1.76. The Morgan fingerprint density at radius 2 is 1.97 bits per heavy atom. The molecular formula is C22H22N2O4S2. The number of fused-ring (bicyclic) bond motifs is 1. The summed E-state index contributed by atoms with van der Waals surface area (Å²) in [4.78, 5) is 17.1. The molecule has 0 spiro atoms. The molecule has 3 aromatic rings. The Bertz CT molecular complexity index is 1200. The Labute approximate surface area is 180 Å². The number of benzene rings is 2. The van der Waals surface area contributed by atoms with Crippen molar-refractivity contribution >= 4 is 33.0 Å². The van der Waals surface area contributed by atoms with Crippen LogP contribution in [0.2, 0.25) is 0 Å². The maximum Gasteiger partial charge on any atom is 0.338 e. The number of esters is 1. The Balaban J connectivity index is 1.44. The lowest BCUT2D eigenvalue weighted by Gasteiger charge is -2.21. The number of sulfonamides is 1. The highest BCUT2D eigenvalue weighted by atomic mass is 32.2. The second-order valence-corrected chi connectivity index (χ2v) is 10.3. The molecule has 0 N–H and O–H groups in total. The van der Waals surface area contributed by atoms with Gasteiger partial charge in [-0.05, 0) is 44.0 Å². The molecule has 1 aliphatic heterocycles. The van der Waals surface area contributed by atoms with E-state index in [0.29, 0.717) is 23.4 Å². The van der Waals surface area contributed by atoms with Crippen LogP contribution >= 0.6 is 11.3 Å². The van der Waals surface area contributed by atoms with E-state index in [0.717, 1.165) is 16.1 Å². The molecule has 0 amide bonds. The van der Waals surface area contributed by atoms with Gasteiger partial charge in [-0.2, -0.15) is 0 Å². The summed E-state index contributed by atoms with van der Waals surface area (Å²) in [5.41, 5.74) is 4.79. The first-order valence-corrected chi connectivity index (χ1v) is 12.3. The third-order valence-corrected chi connectivity index (χ3v) is 7.24. The minimum atomic E-state index is -3.36. The lowest BCUT2D eigenvalue weighted by atomic mass is 10.1. The van der Waals surface area contributed by atoms with Crippen LogP contribution in [0.5, 0.6) is 0 Å². The molecule has 2 aromatic carbocycles. The summed E-state index contributed by atoms with van der Waals surface area (Å²) < 4.78 is 30.9. The number of carbonyl (C=O) groups excluding carboxylic acids is 1. The van der Waals surface area contributed by atoms with Gasteiger partial charge in [-0.25, -0.2) is 18.2 Å². The van der Waals surface area contributed by atoms with Gasteiger partial charge in [-0.1, -0.05) is 29.8 Å². The summed E-state index contributed by atoms with van der Waals surface area (Å²) in [7, 11) is -3.36. The highest BCUT2D eigenvalue weighted by molar-refractivity contribution is 7.92. The number of aromatic nitrogens is 1. The van der Waals surface area contributed by atoms with Crippen LogP contribution < -0.4 is 4.31 Å². The number of carbonyl (C=O) groups is 1. The number of aryl methyl sites for hydroxylation is 1. The molecular weight excluding hydrogens is 420 g/mol. The van der Waals surface area contributed by atoms with Crippen molar-refractivity contribution in [2.45, 2.75) is 32.9 Å². The zero-order valence-corrected chi connectivity index (χ0v) is 18.6. The second kappa shape index (κ2) is 7.85. The molecule has 1 unspecified atom stereocenters. The highest BCUT2D eigenvalue weighted by Gasteiger charge is 2.32. The number of hydrogen-bond donors (Lipinski definition) is 0. The van der Waals surface area contributed by atoms with Crippen LogP contribution in [0, 0.1) is 6.92 Å². The molecule has 8 heteroatoms. The van der Waals surface area contributed by atoms with Gasteiger partial charge >= 0.3 is 5.97 Å². The molecule has 0 radical (unpaired) electrons. The normalized spacial score (nSPS) is 15.8. The fourth-order valence-corrected chi connectivity index (χ4v) is 5.73. The van der Waals surface area contributed by atoms with Crippen molar-refractivity contribution in [2.24, 2.45) is 0 Å². The summed E-state index contributed by atoms with van der Waals surface area (Å²) in [5.74, 6) is -0.451. The van der Waals surface area contributed by atoms with E-state index in [1.807, 2.05) is 43.5 Å². The van der Waals surface area contributed by atoms with E-state index >= 15 is 0 Å². The van der Waals surface area contributed by atoms with E-state index in [-0.39, 0.29) is 12.6 Å². The van der Waals surface area contributed by atoms with Gasteiger partial charge in [0.05, 0.1) is 23.2 Å². The van der Waals surface area contributed by atoms with Crippen LogP contribution in [0.3, 0.4) is 0 Å². The zero-order chi connectivity index (χ0) is 21.5. The van der Waals surface area contributed by atoms with E-state index in [9.17, 15) is 13.2 Å². The monoisotopic (exact) mass is 442 g/mol. The molecule has 156 valence electrons. The number of ether oxygens (including phenoxy) is 1. The first-order valence-electron chi connectivity index (χ1n) is 9.53. The molecule has 1 atom stereocenters. The molecule has 1 aliphatic rings. The minimum absolute atomic E-state index is 0.0874. The number of nitrogens with zero attached hydrogens (tertiary/aromatic N) is 2. The summed E-state index contributed by atoms with van der Waals surface area (Å²) in [6, 6.07) is 13.0. The van der Waals surface area contributed by atoms with Crippen LogP contribution in [-0.2, 0) is 27.8 Å². The van der Waals surface area contributed by atoms with Gasteiger partial charge in [0.1, 0.15) is 11.6 Å². The van der Waals surface area contributed by atoms with Gasteiger partial charge in [0, 0.05) is 17.0 Å². The minimum Gasteiger partial charge on any atom is -0.456 e. The van der Waals surface area contributed by atoms with Gasteiger partial charge in [0.15, 0.2) is 0 Å². The van der Waals surface area contributed by atoms with Gasteiger partial charge in [-0.3, -0.25) is 4.31 Å². The van der Waals surface area contributed by atoms with E-state index < -0.39 is 16.0 Å². The molecule has 0 aliphatic carbocycles. The fraction of sp³-hybridized carbons (Fsp3) is 0.273. The van der Waals surface area contributed by atoms with Crippen molar-refractivity contribution in [3.05, 3.63) is 70.2 Å². The predicted octanol–water partition coefficient (Wildman–Crippen LogP) is 4.19. The van der Waals surface area contributed by atoms with Crippen molar-refractivity contribution in [2.75, 3.05) is 10.6 Å². The molecule has 2 heterocycles. The van der Waals surface area contributed by atoms with E-state index in [2.05, 4.69) is 4.98 Å². The lowest BCUT2D eigenvalue weighted by molar-refractivity contribution is 0.0468. The zero-order valence-electron chi connectivity index (χ0n) is 17.0. The number of hydrogen-bond acceptors (Lipinski definition) is 6. The smallest absolute Gasteiger partial charge is 0.338 e. The van der Waals surface area contributed by atoms with Gasteiger partial charge in [0.25, 0.3) is 0 Å². The molecule has 1 aromatic heterocycles. The molecule has 6 nitrogen and oxygen atoms in total. The average Bonchev–Trinajstić information content (AvgIpc) is 3.29. The molecule has 0 saturated carbocycles. The second-order valence-electron chi connectivity index (χ2n) is 7.54. The van der Waals surface area contributed by atoms with Crippen molar-refractivity contribution in [3.63, 3.8) is 0 Å². The third kappa shape index (κ3) is 4.11.